The second-order valence-corrected chi connectivity index (χ2v) is 11.1. The van der Waals surface area contributed by atoms with E-state index in [0.717, 1.165) is 13.8 Å². The number of hydrogen-bond acceptors (Lipinski definition) is 12. The molecule has 17 heteroatoms. The van der Waals surface area contributed by atoms with E-state index in [-0.39, 0.29) is 27.6 Å². The molecule has 0 saturated carbocycles. The van der Waals surface area contributed by atoms with Gasteiger partial charge in [0.25, 0.3) is 17.7 Å². The second-order valence-electron chi connectivity index (χ2n) is 7.86. The predicted octanol–water partition coefficient (Wildman–Crippen LogP) is -1.53. The number of anilines is 2. The highest BCUT2D eigenvalue weighted by molar-refractivity contribution is 14.1. The topological polar surface area (TPSA) is 249 Å². The van der Waals surface area contributed by atoms with E-state index in [0.29, 0.717) is 0 Å². The monoisotopic (exact) mass is 865 g/mol. The van der Waals surface area contributed by atoms with Crippen molar-refractivity contribution in [2.24, 2.45) is 0 Å². The lowest BCUT2D eigenvalue weighted by atomic mass is 10.1. The van der Waals surface area contributed by atoms with Crippen LogP contribution in [0.15, 0.2) is 0 Å². The number of imide groups is 1. The summed E-state index contributed by atoms with van der Waals surface area (Å²) < 4.78 is 5.60. The molecule has 0 spiro atoms. The summed E-state index contributed by atoms with van der Waals surface area (Å²) >= 11 is 5.18. The first kappa shape index (κ1) is 34.1. The number of aliphatic hydroxyl groups excluding tert-OH is 6. The maximum absolute atomic E-state index is 13.1. The van der Waals surface area contributed by atoms with Crippen molar-refractivity contribution >= 4 is 103 Å². The normalized spacial score (nSPS) is 17.0. The van der Waals surface area contributed by atoms with E-state index in [2.05, 4.69) is 5.32 Å². The average molecular weight is 865 g/mol. The highest BCUT2D eigenvalue weighted by Gasteiger charge is 2.37. The number of nitrogens with two attached hydrogens (primary N) is 1. The van der Waals surface area contributed by atoms with Crippen LogP contribution in [0, 0.1) is 10.7 Å². The van der Waals surface area contributed by atoms with Crippen LogP contribution < -0.4 is 16.4 Å². The van der Waals surface area contributed by atoms with Gasteiger partial charge in [0.2, 0.25) is 6.10 Å². The number of rotatable bonds is 10. The third-order valence-corrected chi connectivity index (χ3v) is 8.17. The number of ether oxygens (including phenoxy) is 1. The molecule has 0 heterocycles. The standard InChI is InChI=1S/C20H26I3N3O11/c1-4(27)13(30)17(33)25-12-9(22)7(8(21)11(24)10(12)23)16(37-20(36)15(32)6(3)29)19(35)26-18(34)14(31)5(2)28/h4-6,13-16,27-32H,24H2,1-3H3,(H,25,33)(H,26,34,35). The molecule has 0 aromatic heterocycles. The number of aliphatic hydroxyl groups is 6. The highest BCUT2D eigenvalue weighted by atomic mass is 127. The van der Waals surface area contributed by atoms with Crippen molar-refractivity contribution in [3.63, 3.8) is 0 Å². The van der Waals surface area contributed by atoms with Gasteiger partial charge in [-0.15, -0.1) is 0 Å². The Morgan fingerprint density at radius 3 is 1.65 bits per heavy atom. The first-order chi connectivity index (χ1) is 16.9. The van der Waals surface area contributed by atoms with Crippen LogP contribution in [-0.4, -0.2) is 91.0 Å². The van der Waals surface area contributed by atoms with Gasteiger partial charge in [0.05, 0.1) is 33.3 Å². The van der Waals surface area contributed by atoms with Crippen molar-refractivity contribution in [1.29, 1.82) is 0 Å². The zero-order chi connectivity index (χ0) is 28.9. The van der Waals surface area contributed by atoms with Gasteiger partial charge in [-0.2, -0.15) is 0 Å². The summed E-state index contributed by atoms with van der Waals surface area (Å²) in [5, 5.41) is 62.2. The molecule has 3 amide bonds. The molecule has 0 aliphatic rings. The molecule has 0 radical (unpaired) electrons. The fourth-order valence-electron chi connectivity index (χ4n) is 2.57. The van der Waals surface area contributed by atoms with E-state index in [1.54, 1.807) is 73.1 Å². The van der Waals surface area contributed by atoms with E-state index in [1.165, 1.54) is 6.92 Å². The molecule has 208 valence electrons. The number of halogens is 3. The number of carbonyl (C=O) groups is 4. The number of amides is 3. The lowest BCUT2D eigenvalue weighted by Crippen LogP contribution is -2.46. The number of carbonyl (C=O) groups excluding carboxylic acids is 4. The third-order valence-electron chi connectivity index (χ3n) is 4.76. The lowest BCUT2D eigenvalue weighted by Gasteiger charge is -2.26. The Morgan fingerprint density at radius 2 is 1.19 bits per heavy atom. The van der Waals surface area contributed by atoms with E-state index in [4.69, 9.17) is 10.5 Å². The van der Waals surface area contributed by atoms with Crippen LogP contribution in [0.1, 0.15) is 32.4 Å². The van der Waals surface area contributed by atoms with Gasteiger partial charge in [0.1, 0.15) is 0 Å². The van der Waals surface area contributed by atoms with Crippen molar-refractivity contribution in [3.05, 3.63) is 16.3 Å². The number of nitrogen functional groups attached to an aromatic ring is 1. The molecule has 1 aromatic carbocycles. The molecular weight excluding hydrogens is 839 g/mol. The first-order valence-corrected chi connectivity index (χ1v) is 13.6. The van der Waals surface area contributed by atoms with Gasteiger partial charge < -0.3 is 46.4 Å². The Kier molecular flexibility index (Phi) is 13.3. The number of benzene rings is 1. The quantitative estimate of drug-likeness (QED) is 0.0740. The van der Waals surface area contributed by atoms with Crippen molar-refractivity contribution in [2.75, 3.05) is 11.1 Å². The number of esters is 1. The molecule has 0 aliphatic heterocycles. The summed E-state index contributed by atoms with van der Waals surface area (Å²) in [4.78, 5) is 50.1. The molecule has 7 atom stereocenters. The number of hydrogen-bond donors (Lipinski definition) is 9. The van der Waals surface area contributed by atoms with Crippen molar-refractivity contribution < 1.29 is 54.6 Å². The highest BCUT2D eigenvalue weighted by Crippen LogP contribution is 2.41. The zero-order valence-electron chi connectivity index (χ0n) is 19.5. The molecule has 7 unspecified atom stereocenters. The zero-order valence-corrected chi connectivity index (χ0v) is 25.9. The fraction of sp³-hybridized carbons (Fsp3) is 0.500. The Hall–Kier alpha value is -0.950. The summed E-state index contributed by atoms with van der Waals surface area (Å²) in [5.74, 6) is -5.10. The molecule has 14 nitrogen and oxygen atoms in total. The van der Waals surface area contributed by atoms with Crippen LogP contribution in [-0.2, 0) is 23.9 Å². The molecule has 0 aliphatic carbocycles. The third kappa shape index (κ3) is 8.52. The van der Waals surface area contributed by atoms with Crippen molar-refractivity contribution in [2.45, 2.75) is 63.5 Å². The van der Waals surface area contributed by atoms with Crippen LogP contribution >= 0.6 is 67.8 Å². The molecule has 1 rings (SSSR count). The Labute approximate surface area is 251 Å². The minimum Gasteiger partial charge on any atom is -0.445 e. The van der Waals surface area contributed by atoms with Gasteiger partial charge >= 0.3 is 5.97 Å². The predicted molar refractivity (Wildman–Crippen MR) is 153 cm³/mol. The summed E-state index contributed by atoms with van der Waals surface area (Å²) in [5.41, 5.74) is 5.97. The molecule has 10 N–H and O–H groups in total. The Bertz CT molecular complexity index is 1050. The van der Waals surface area contributed by atoms with Gasteiger partial charge in [-0.05, 0) is 88.5 Å². The van der Waals surface area contributed by atoms with Crippen LogP contribution in [0.3, 0.4) is 0 Å². The molecule has 0 fully saturated rings. The minimum atomic E-state index is -2.08. The lowest BCUT2D eigenvalue weighted by molar-refractivity contribution is -0.170. The minimum absolute atomic E-state index is 0.00119. The van der Waals surface area contributed by atoms with Crippen LogP contribution in [0.25, 0.3) is 0 Å². The maximum Gasteiger partial charge on any atom is 0.338 e. The Balaban J connectivity index is 3.70. The summed E-state index contributed by atoms with van der Waals surface area (Å²) in [7, 11) is 0. The van der Waals surface area contributed by atoms with Crippen LogP contribution in [0.4, 0.5) is 11.4 Å². The van der Waals surface area contributed by atoms with Crippen LogP contribution in [0.2, 0.25) is 0 Å². The fourth-order valence-corrected chi connectivity index (χ4v) is 6.57. The summed E-state index contributed by atoms with van der Waals surface area (Å²) in [6.45, 7) is 3.36. The summed E-state index contributed by atoms with van der Waals surface area (Å²) in [6.07, 6.45) is -12.5. The molecular formula is C20H26I3N3O11. The Morgan fingerprint density at radius 1 is 0.730 bits per heavy atom. The molecule has 0 saturated heterocycles. The smallest absolute Gasteiger partial charge is 0.338 e. The van der Waals surface area contributed by atoms with Gasteiger partial charge in [-0.1, -0.05) is 0 Å². The molecule has 0 bridgehead atoms. The number of nitrogens with one attached hydrogen (secondary N) is 2. The first-order valence-electron chi connectivity index (χ1n) is 10.3. The van der Waals surface area contributed by atoms with Gasteiger partial charge in [0, 0.05) is 12.7 Å². The summed E-state index contributed by atoms with van der Waals surface area (Å²) in [6, 6.07) is 0. The van der Waals surface area contributed by atoms with Crippen molar-refractivity contribution in [3.8, 4) is 0 Å². The molecule has 37 heavy (non-hydrogen) atoms. The van der Waals surface area contributed by atoms with E-state index < -0.39 is 66.4 Å². The SMILES string of the molecule is CC(O)C(O)C(=O)NC(=O)C(OC(=O)C(O)C(C)O)c1c(I)c(N)c(I)c(NC(=O)C(O)C(C)O)c1I. The maximum atomic E-state index is 13.1. The van der Waals surface area contributed by atoms with E-state index in [1.807, 2.05) is 0 Å². The van der Waals surface area contributed by atoms with Gasteiger partial charge in [0.15, 0.2) is 18.3 Å². The average Bonchev–Trinajstić information content (AvgIpc) is 2.82. The van der Waals surface area contributed by atoms with Gasteiger partial charge in [-0.25, -0.2) is 4.79 Å². The van der Waals surface area contributed by atoms with E-state index in [9.17, 15) is 49.8 Å². The van der Waals surface area contributed by atoms with Crippen LogP contribution in [0.5, 0.6) is 0 Å². The largest absolute Gasteiger partial charge is 0.445 e. The molecule has 1 aromatic rings. The second kappa shape index (κ2) is 14.4. The van der Waals surface area contributed by atoms with Crippen molar-refractivity contribution in [1.82, 2.24) is 5.32 Å². The van der Waals surface area contributed by atoms with E-state index >= 15 is 0 Å². The van der Waals surface area contributed by atoms with Gasteiger partial charge in [-0.3, -0.25) is 19.7 Å².